The zero-order valence-corrected chi connectivity index (χ0v) is 14.8. The van der Waals surface area contributed by atoms with Crippen molar-refractivity contribution in [1.29, 1.82) is 0 Å². The van der Waals surface area contributed by atoms with Crippen LogP contribution >= 0.6 is 12.2 Å². The molecular formula is C20H18N2O2S. The van der Waals surface area contributed by atoms with Gasteiger partial charge in [-0.25, -0.2) is 0 Å². The molecule has 0 fully saturated rings. The number of aryl methyl sites for hydroxylation is 2. The monoisotopic (exact) mass is 350 g/mol. The number of amides is 1. The number of anilines is 1. The van der Waals surface area contributed by atoms with Gasteiger partial charge in [0.15, 0.2) is 5.11 Å². The number of nitrogens with one attached hydrogen (secondary N) is 2. The van der Waals surface area contributed by atoms with Crippen molar-refractivity contribution in [3.05, 3.63) is 71.3 Å². The molecule has 3 aromatic carbocycles. The van der Waals surface area contributed by atoms with Crippen molar-refractivity contribution in [2.45, 2.75) is 13.8 Å². The van der Waals surface area contributed by atoms with E-state index in [0.29, 0.717) is 11.3 Å². The van der Waals surface area contributed by atoms with Gasteiger partial charge in [0.2, 0.25) is 0 Å². The Bertz CT molecular complexity index is 983. The van der Waals surface area contributed by atoms with Crippen LogP contribution in [0.5, 0.6) is 5.75 Å². The van der Waals surface area contributed by atoms with Gasteiger partial charge in [0.1, 0.15) is 5.75 Å². The summed E-state index contributed by atoms with van der Waals surface area (Å²) in [5, 5.41) is 17.7. The van der Waals surface area contributed by atoms with Crippen LogP contribution in [0.2, 0.25) is 0 Å². The van der Waals surface area contributed by atoms with E-state index >= 15 is 0 Å². The predicted molar refractivity (Wildman–Crippen MR) is 105 cm³/mol. The molecule has 3 rings (SSSR count). The van der Waals surface area contributed by atoms with E-state index in [1.807, 2.05) is 56.3 Å². The lowest BCUT2D eigenvalue weighted by Crippen LogP contribution is -2.34. The second kappa shape index (κ2) is 6.91. The van der Waals surface area contributed by atoms with Gasteiger partial charge < -0.3 is 10.4 Å². The van der Waals surface area contributed by atoms with E-state index in [9.17, 15) is 9.90 Å². The van der Waals surface area contributed by atoms with Crippen LogP contribution in [0.3, 0.4) is 0 Å². The summed E-state index contributed by atoms with van der Waals surface area (Å²) in [6.45, 7) is 3.86. The number of carbonyl (C=O) groups excluding carboxylic acids is 1. The molecule has 0 aromatic heterocycles. The molecule has 126 valence electrons. The lowest BCUT2D eigenvalue weighted by molar-refractivity contribution is 0.0977. The number of phenolic OH excluding ortho intramolecular Hbond substituents is 1. The van der Waals surface area contributed by atoms with E-state index in [2.05, 4.69) is 10.6 Å². The van der Waals surface area contributed by atoms with Gasteiger partial charge in [-0.05, 0) is 49.1 Å². The molecule has 0 saturated heterocycles. The fourth-order valence-corrected chi connectivity index (χ4v) is 2.97. The highest BCUT2D eigenvalue weighted by Crippen LogP contribution is 2.32. The Morgan fingerprint density at radius 2 is 1.80 bits per heavy atom. The molecule has 3 N–H and O–H groups in total. The van der Waals surface area contributed by atoms with Gasteiger partial charge in [0.25, 0.3) is 5.91 Å². The molecule has 0 unspecified atom stereocenters. The van der Waals surface area contributed by atoms with Gasteiger partial charge >= 0.3 is 0 Å². The molecule has 4 nitrogen and oxygen atoms in total. The molecule has 0 saturated carbocycles. The summed E-state index contributed by atoms with van der Waals surface area (Å²) < 4.78 is 0. The third-order valence-electron chi connectivity index (χ3n) is 4.00. The van der Waals surface area contributed by atoms with Crippen LogP contribution in [0.15, 0.2) is 54.6 Å². The molecule has 0 heterocycles. The maximum atomic E-state index is 12.4. The minimum Gasteiger partial charge on any atom is -0.506 e. The van der Waals surface area contributed by atoms with E-state index in [4.69, 9.17) is 12.2 Å². The highest BCUT2D eigenvalue weighted by atomic mass is 32.1. The van der Waals surface area contributed by atoms with Crippen molar-refractivity contribution in [3.63, 3.8) is 0 Å². The molecule has 25 heavy (non-hydrogen) atoms. The Kier molecular flexibility index (Phi) is 4.67. The zero-order chi connectivity index (χ0) is 18.0. The molecule has 0 spiro atoms. The van der Waals surface area contributed by atoms with Crippen molar-refractivity contribution in [3.8, 4) is 5.75 Å². The molecule has 0 radical (unpaired) electrons. The Morgan fingerprint density at radius 1 is 1.04 bits per heavy atom. The minimum absolute atomic E-state index is 0.0711. The molecule has 0 aliphatic heterocycles. The normalized spacial score (nSPS) is 10.5. The fraction of sp³-hybridized carbons (Fsp3) is 0.100. The highest BCUT2D eigenvalue weighted by molar-refractivity contribution is 7.80. The van der Waals surface area contributed by atoms with E-state index in [1.165, 1.54) is 0 Å². The average Bonchev–Trinajstić information content (AvgIpc) is 2.57. The van der Waals surface area contributed by atoms with Crippen molar-refractivity contribution in [2.75, 3.05) is 5.32 Å². The lowest BCUT2D eigenvalue weighted by Gasteiger charge is -2.14. The average molecular weight is 350 g/mol. The summed E-state index contributed by atoms with van der Waals surface area (Å²) in [6.07, 6.45) is 0. The van der Waals surface area contributed by atoms with Gasteiger partial charge in [-0.1, -0.05) is 48.0 Å². The molecule has 5 heteroatoms. The molecule has 3 aromatic rings. The van der Waals surface area contributed by atoms with Crippen LogP contribution in [0.4, 0.5) is 5.69 Å². The first kappa shape index (κ1) is 16.9. The van der Waals surface area contributed by atoms with E-state index in [1.54, 1.807) is 12.1 Å². The number of rotatable bonds is 2. The van der Waals surface area contributed by atoms with E-state index in [-0.39, 0.29) is 16.8 Å². The summed E-state index contributed by atoms with van der Waals surface area (Å²) >= 11 is 5.25. The first-order chi connectivity index (χ1) is 12.0. The van der Waals surface area contributed by atoms with Gasteiger partial charge in [0, 0.05) is 10.9 Å². The maximum absolute atomic E-state index is 12.4. The van der Waals surface area contributed by atoms with Crippen LogP contribution in [0.25, 0.3) is 10.8 Å². The number of benzene rings is 3. The Morgan fingerprint density at radius 3 is 2.56 bits per heavy atom. The van der Waals surface area contributed by atoms with Crippen molar-refractivity contribution >= 4 is 39.7 Å². The largest absolute Gasteiger partial charge is 0.506 e. The Balaban J connectivity index is 1.81. The first-order valence-electron chi connectivity index (χ1n) is 7.86. The molecule has 0 bridgehead atoms. The standard InChI is InChI=1S/C20H18N2O2S/c1-12-7-9-15(13(2)11-12)19(24)22-20(25)21-18-16-6-4-3-5-14(16)8-10-17(18)23/h3-11,23H,1-2H3,(H2,21,22,24,25). The second-order valence-electron chi connectivity index (χ2n) is 5.91. The third-order valence-corrected chi connectivity index (χ3v) is 4.20. The summed E-state index contributed by atoms with van der Waals surface area (Å²) in [6, 6.07) is 16.7. The topological polar surface area (TPSA) is 61.4 Å². The molecule has 0 atom stereocenters. The zero-order valence-electron chi connectivity index (χ0n) is 14.0. The quantitative estimate of drug-likeness (QED) is 0.477. The number of fused-ring (bicyclic) bond motifs is 1. The fourth-order valence-electron chi connectivity index (χ4n) is 2.77. The van der Waals surface area contributed by atoms with Crippen LogP contribution in [-0.4, -0.2) is 16.1 Å². The number of phenols is 1. The van der Waals surface area contributed by atoms with Crippen molar-refractivity contribution in [2.24, 2.45) is 0 Å². The molecular weight excluding hydrogens is 332 g/mol. The van der Waals surface area contributed by atoms with Crippen LogP contribution in [0.1, 0.15) is 21.5 Å². The summed E-state index contributed by atoms with van der Waals surface area (Å²) in [4.78, 5) is 12.4. The van der Waals surface area contributed by atoms with Crippen LogP contribution < -0.4 is 10.6 Å². The van der Waals surface area contributed by atoms with E-state index in [0.717, 1.165) is 21.9 Å². The summed E-state index contributed by atoms with van der Waals surface area (Å²) in [5.74, 6) is -0.212. The Hall–Kier alpha value is -2.92. The van der Waals surface area contributed by atoms with Crippen LogP contribution in [0, 0.1) is 13.8 Å². The van der Waals surface area contributed by atoms with Gasteiger partial charge in [-0.15, -0.1) is 0 Å². The third kappa shape index (κ3) is 3.61. The second-order valence-corrected chi connectivity index (χ2v) is 6.32. The Labute approximate surface area is 151 Å². The summed E-state index contributed by atoms with van der Waals surface area (Å²) in [7, 11) is 0. The lowest BCUT2D eigenvalue weighted by atomic mass is 10.1. The summed E-state index contributed by atoms with van der Waals surface area (Å²) in [5.41, 5.74) is 3.02. The maximum Gasteiger partial charge on any atom is 0.257 e. The predicted octanol–water partition coefficient (Wildman–Crippen LogP) is 4.29. The van der Waals surface area contributed by atoms with Crippen molar-refractivity contribution < 1.29 is 9.90 Å². The minimum atomic E-state index is -0.283. The van der Waals surface area contributed by atoms with Crippen molar-refractivity contribution in [1.82, 2.24) is 5.32 Å². The molecule has 0 aliphatic rings. The van der Waals surface area contributed by atoms with Gasteiger partial charge in [-0.2, -0.15) is 0 Å². The number of aromatic hydroxyl groups is 1. The van der Waals surface area contributed by atoms with Crippen LogP contribution in [-0.2, 0) is 0 Å². The SMILES string of the molecule is Cc1ccc(C(=O)NC(=S)Nc2c(O)ccc3ccccc23)c(C)c1. The smallest absolute Gasteiger partial charge is 0.257 e. The van der Waals surface area contributed by atoms with Gasteiger partial charge in [-0.3, -0.25) is 10.1 Å². The number of hydrogen-bond donors (Lipinski definition) is 3. The highest BCUT2D eigenvalue weighted by Gasteiger charge is 2.13. The first-order valence-corrected chi connectivity index (χ1v) is 8.27. The molecule has 1 amide bonds. The molecule has 0 aliphatic carbocycles. The van der Waals surface area contributed by atoms with E-state index < -0.39 is 0 Å². The number of hydrogen-bond acceptors (Lipinski definition) is 3. The number of thiocarbonyl (C=S) groups is 1. The van der Waals surface area contributed by atoms with Gasteiger partial charge in [0.05, 0.1) is 5.69 Å². The number of carbonyl (C=O) groups is 1.